The first kappa shape index (κ1) is 24.2. The van der Waals surface area contributed by atoms with Crippen LogP contribution in [-0.2, 0) is 0 Å². The molecular weight excluding hydrogens is 454 g/mol. The van der Waals surface area contributed by atoms with Crippen molar-refractivity contribution in [2.45, 2.75) is 58.8 Å². The molecule has 2 aromatic rings. The molecule has 4 rings (SSSR count). The van der Waals surface area contributed by atoms with E-state index in [1.54, 1.807) is 18.2 Å². The highest BCUT2D eigenvalue weighted by atomic mass is 35.5. The Labute approximate surface area is 205 Å². The summed E-state index contributed by atoms with van der Waals surface area (Å²) >= 11 is 6.16. The third-order valence-electron chi connectivity index (χ3n) is 6.88. The molecule has 180 valence electrons. The third kappa shape index (κ3) is 4.68. The Morgan fingerprint density at radius 2 is 1.79 bits per heavy atom. The fourth-order valence-corrected chi connectivity index (χ4v) is 5.58. The van der Waals surface area contributed by atoms with E-state index in [1.807, 2.05) is 6.07 Å². The lowest BCUT2D eigenvalue weighted by atomic mass is 9.49. The molecule has 2 aliphatic rings. The number of nitrogens with one attached hydrogen (secondary N) is 2. The molecule has 0 atom stereocenters. The van der Waals surface area contributed by atoms with Gasteiger partial charge in [0, 0.05) is 35.3 Å². The number of hydrogen-bond donors (Lipinski definition) is 2. The van der Waals surface area contributed by atoms with Gasteiger partial charge < -0.3 is 20.1 Å². The van der Waals surface area contributed by atoms with Gasteiger partial charge in [-0.2, -0.15) is 5.26 Å². The van der Waals surface area contributed by atoms with Gasteiger partial charge in [-0.25, -0.2) is 9.97 Å². The van der Waals surface area contributed by atoms with Crippen molar-refractivity contribution < 1.29 is 14.3 Å². The van der Waals surface area contributed by atoms with Crippen LogP contribution in [0.4, 0.5) is 0 Å². The minimum atomic E-state index is -0.349. The van der Waals surface area contributed by atoms with Crippen LogP contribution in [0.1, 0.15) is 56.5 Å². The van der Waals surface area contributed by atoms with Crippen LogP contribution in [0, 0.1) is 22.2 Å². The number of benzene rings is 1. The maximum Gasteiger partial charge on any atom is 0.316 e. The molecule has 0 unspecified atom stereocenters. The fourth-order valence-electron chi connectivity index (χ4n) is 5.37. The Hall–Kier alpha value is -2.89. The second kappa shape index (κ2) is 9.40. The number of ether oxygens (including phenoxy) is 2. The molecule has 1 aromatic carbocycles. The molecule has 0 spiro atoms. The van der Waals surface area contributed by atoms with Crippen LogP contribution in [0.2, 0.25) is 5.02 Å². The van der Waals surface area contributed by atoms with Gasteiger partial charge in [0.25, 0.3) is 5.91 Å². The van der Waals surface area contributed by atoms with E-state index in [1.165, 1.54) is 12.4 Å². The molecule has 1 saturated heterocycles. The standard InChI is InChI=1S/C25H30ClN5O3/c1-24(2)21(25(3,4)22(24)33-18-6-5-15(12-27)19(26)11-18)31-20(32)16-13-29-23(30-14-16)34-17-7-9-28-10-8-17/h5-6,11,13-14,17,21-22,28H,7-10H2,1-4H3,(H,31,32). The molecular formula is C25H30ClN5O3. The van der Waals surface area contributed by atoms with Gasteiger partial charge in [-0.3, -0.25) is 4.79 Å². The SMILES string of the molecule is CC1(C)C(NC(=O)c2cnc(OC3CCNCC3)nc2)C(C)(C)C1Oc1ccc(C#N)c(Cl)c1. The summed E-state index contributed by atoms with van der Waals surface area (Å²) in [6.45, 7) is 10.1. The average Bonchev–Trinajstić information content (AvgIpc) is 2.81. The summed E-state index contributed by atoms with van der Waals surface area (Å²) in [6.07, 6.45) is 4.76. The number of carbonyl (C=O) groups excluding carboxylic acids is 1. The lowest BCUT2D eigenvalue weighted by Crippen LogP contribution is -2.74. The smallest absolute Gasteiger partial charge is 0.316 e. The topological polar surface area (TPSA) is 109 Å². The molecule has 0 radical (unpaired) electrons. The molecule has 1 saturated carbocycles. The van der Waals surface area contributed by atoms with Crippen molar-refractivity contribution in [2.75, 3.05) is 13.1 Å². The summed E-state index contributed by atoms with van der Waals surface area (Å²) in [5.41, 5.74) is 0.0879. The van der Waals surface area contributed by atoms with Crippen LogP contribution >= 0.6 is 11.6 Å². The van der Waals surface area contributed by atoms with Crippen molar-refractivity contribution >= 4 is 17.5 Å². The van der Waals surface area contributed by atoms with E-state index in [0.29, 0.717) is 27.9 Å². The van der Waals surface area contributed by atoms with Gasteiger partial charge in [0.2, 0.25) is 0 Å². The van der Waals surface area contributed by atoms with Gasteiger partial charge in [-0.15, -0.1) is 0 Å². The molecule has 0 bridgehead atoms. The molecule has 1 aliphatic carbocycles. The first-order valence-corrected chi connectivity index (χ1v) is 11.9. The second-order valence-electron chi connectivity index (χ2n) is 10.1. The fraction of sp³-hybridized carbons (Fsp3) is 0.520. The van der Waals surface area contributed by atoms with Crippen LogP contribution in [0.15, 0.2) is 30.6 Å². The lowest BCUT2D eigenvalue weighted by Gasteiger charge is -2.63. The van der Waals surface area contributed by atoms with Crippen molar-refractivity contribution in [2.24, 2.45) is 10.8 Å². The summed E-state index contributed by atoms with van der Waals surface area (Å²) in [5, 5.41) is 15.9. The van der Waals surface area contributed by atoms with Crippen molar-refractivity contribution in [3.63, 3.8) is 0 Å². The maximum absolute atomic E-state index is 13.0. The molecule has 2 heterocycles. The predicted octanol–water partition coefficient (Wildman–Crippen LogP) is 3.74. The van der Waals surface area contributed by atoms with Gasteiger partial charge in [-0.1, -0.05) is 39.3 Å². The number of piperidine rings is 1. The van der Waals surface area contributed by atoms with E-state index in [0.717, 1.165) is 25.9 Å². The van der Waals surface area contributed by atoms with E-state index in [4.69, 9.17) is 26.3 Å². The van der Waals surface area contributed by atoms with Crippen LogP contribution in [0.3, 0.4) is 0 Å². The average molecular weight is 484 g/mol. The zero-order valence-corrected chi connectivity index (χ0v) is 20.6. The quantitative estimate of drug-likeness (QED) is 0.644. The van der Waals surface area contributed by atoms with Crippen molar-refractivity contribution in [3.05, 3.63) is 46.7 Å². The van der Waals surface area contributed by atoms with E-state index in [2.05, 4.69) is 48.3 Å². The van der Waals surface area contributed by atoms with E-state index in [-0.39, 0.29) is 35.0 Å². The lowest BCUT2D eigenvalue weighted by molar-refractivity contribution is -0.164. The first-order valence-electron chi connectivity index (χ1n) is 11.5. The van der Waals surface area contributed by atoms with Crippen molar-refractivity contribution in [1.29, 1.82) is 5.26 Å². The summed E-state index contributed by atoms with van der Waals surface area (Å²) < 4.78 is 12.1. The molecule has 2 N–H and O–H groups in total. The molecule has 34 heavy (non-hydrogen) atoms. The number of carbonyl (C=O) groups is 1. The number of rotatable bonds is 6. The summed E-state index contributed by atoms with van der Waals surface area (Å²) in [5.74, 6) is 0.358. The molecule has 1 amide bonds. The number of nitrogens with zero attached hydrogens (tertiary/aromatic N) is 3. The van der Waals surface area contributed by atoms with Crippen LogP contribution < -0.4 is 20.1 Å². The van der Waals surface area contributed by atoms with Gasteiger partial charge in [0.15, 0.2) is 0 Å². The Balaban J connectivity index is 1.40. The molecule has 8 nitrogen and oxygen atoms in total. The Bertz CT molecular complexity index is 1070. The van der Waals surface area contributed by atoms with E-state index in [9.17, 15) is 4.79 Å². The Morgan fingerprint density at radius 1 is 1.15 bits per heavy atom. The number of aromatic nitrogens is 2. The largest absolute Gasteiger partial charge is 0.489 e. The number of amides is 1. The van der Waals surface area contributed by atoms with E-state index >= 15 is 0 Å². The summed E-state index contributed by atoms with van der Waals surface area (Å²) in [4.78, 5) is 21.4. The molecule has 1 aliphatic heterocycles. The predicted molar refractivity (Wildman–Crippen MR) is 128 cm³/mol. The minimum absolute atomic E-state index is 0.0976. The van der Waals surface area contributed by atoms with Crippen molar-refractivity contribution in [3.8, 4) is 17.8 Å². The molecule has 2 fully saturated rings. The van der Waals surface area contributed by atoms with Gasteiger partial charge >= 0.3 is 6.01 Å². The summed E-state index contributed by atoms with van der Waals surface area (Å²) in [7, 11) is 0. The van der Waals surface area contributed by atoms with E-state index < -0.39 is 0 Å². The highest BCUT2D eigenvalue weighted by Gasteiger charge is 2.64. The zero-order valence-electron chi connectivity index (χ0n) is 19.9. The highest BCUT2D eigenvalue weighted by molar-refractivity contribution is 6.31. The van der Waals surface area contributed by atoms with Crippen molar-refractivity contribution in [1.82, 2.24) is 20.6 Å². The molecule has 9 heteroatoms. The normalized spacial score (nSPS) is 23.3. The Morgan fingerprint density at radius 3 is 2.38 bits per heavy atom. The minimum Gasteiger partial charge on any atom is -0.489 e. The van der Waals surface area contributed by atoms with Crippen LogP contribution in [0.25, 0.3) is 0 Å². The Kier molecular flexibility index (Phi) is 6.70. The number of hydrogen-bond acceptors (Lipinski definition) is 7. The van der Waals surface area contributed by atoms with Gasteiger partial charge in [0.05, 0.1) is 16.1 Å². The second-order valence-corrected chi connectivity index (χ2v) is 10.5. The third-order valence-corrected chi connectivity index (χ3v) is 7.19. The first-order chi connectivity index (χ1) is 16.1. The highest BCUT2D eigenvalue weighted by Crippen LogP contribution is 2.55. The van der Waals surface area contributed by atoms with Crippen LogP contribution in [-0.4, -0.2) is 47.2 Å². The number of halogens is 1. The zero-order chi connectivity index (χ0) is 24.5. The van der Waals surface area contributed by atoms with Gasteiger partial charge in [0.1, 0.15) is 24.0 Å². The molecule has 1 aromatic heterocycles. The number of nitriles is 1. The van der Waals surface area contributed by atoms with Gasteiger partial charge in [-0.05, 0) is 38.1 Å². The monoisotopic (exact) mass is 483 g/mol. The summed E-state index contributed by atoms with van der Waals surface area (Å²) in [6, 6.07) is 7.25. The van der Waals surface area contributed by atoms with Crippen LogP contribution in [0.5, 0.6) is 11.8 Å². The maximum atomic E-state index is 13.0.